The Bertz CT molecular complexity index is 933. The number of hydrogen-bond acceptors (Lipinski definition) is 2. The average molecular weight is 402 g/mol. The van der Waals surface area contributed by atoms with Gasteiger partial charge >= 0.3 is 6.18 Å². The first-order valence-electron chi connectivity index (χ1n) is 6.60. The molecule has 0 spiro atoms. The van der Waals surface area contributed by atoms with E-state index in [4.69, 9.17) is 4.42 Å². The van der Waals surface area contributed by atoms with E-state index in [1.54, 1.807) is 18.2 Å². The maximum Gasteiger partial charge on any atom is 0.416 e. The first-order chi connectivity index (χ1) is 11.3. The Hall–Kier alpha value is -2.35. The summed E-state index contributed by atoms with van der Waals surface area (Å²) >= 11 is 3.25. The van der Waals surface area contributed by atoms with Crippen LogP contribution < -0.4 is 5.32 Å². The molecule has 0 bridgehead atoms. The molecule has 3 rings (SSSR count). The monoisotopic (exact) mass is 401 g/mol. The number of rotatable bonds is 2. The van der Waals surface area contributed by atoms with Gasteiger partial charge in [-0.15, -0.1) is 0 Å². The fraction of sp³-hybridized carbons (Fsp3) is 0.0625. The number of halogens is 5. The zero-order valence-corrected chi connectivity index (χ0v) is 13.3. The van der Waals surface area contributed by atoms with Crippen molar-refractivity contribution in [3.05, 3.63) is 64.1 Å². The summed E-state index contributed by atoms with van der Waals surface area (Å²) in [5, 5.41) is 2.61. The van der Waals surface area contributed by atoms with Crippen LogP contribution in [-0.2, 0) is 6.18 Å². The van der Waals surface area contributed by atoms with Gasteiger partial charge in [0.15, 0.2) is 0 Å². The number of benzene rings is 2. The maximum atomic E-state index is 13.7. The van der Waals surface area contributed by atoms with Gasteiger partial charge in [-0.2, -0.15) is 13.2 Å². The summed E-state index contributed by atoms with van der Waals surface area (Å²) in [5.74, 6) is -1.74. The molecule has 1 amide bonds. The highest BCUT2D eigenvalue weighted by Crippen LogP contribution is 2.32. The molecule has 1 N–H and O–H groups in total. The van der Waals surface area contributed by atoms with Crippen molar-refractivity contribution in [3.8, 4) is 0 Å². The highest BCUT2D eigenvalue weighted by atomic mass is 79.9. The van der Waals surface area contributed by atoms with Gasteiger partial charge < -0.3 is 9.73 Å². The molecule has 3 nitrogen and oxygen atoms in total. The highest BCUT2D eigenvalue weighted by molar-refractivity contribution is 9.10. The van der Waals surface area contributed by atoms with Gasteiger partial charge in [0.25, 0.3) is 5.91 Å². The average Bonchev–Trinajstić information content (AvgIpc) is 2.91. The molecule has 1 aromatic heterocycles. The number of amides is 1. The van der Waals surface area contributed by atoms with Crippen molar-refractivity contribution in [2.45, 2.75) is 6.18 Å². The molecule has 24 heavy (non-hydrogen) atoms. The first kappa shape index (κ1) is 16.5. The van der Waals surface area contributed by atoms with E-state index in [0.29, 0.717) is 29.2 Å². The van der Waals surface area contributed by atoms with E-state index in [-0.39, 0.29) is 5.56 Å². The SMILES string of the molecule is O=C(Nc1cc(C(F)(F)F)ccc1F)c1coc2cc(Br)ccc12. The fourth-order valence-corrected chi connectivity index (χ4v) is 2.51. The Balaban J connectivity index is 1.94. The second-order valence-corrected chi connectivity index (χ2v) is 5.85. The van der Waals surface area contributed by atoms with Crippen LogP contribution in [0.4, 0.5) is 23.2 Å². The van der Waals surface area contributed by atoms with E-state index in [0.717, 1.165) is 10.7 Å². The molecule has 0 saturated heterocycles. The zero-order valence-electron chi connectivity index (χ0n) is 11.7. The molecule has 0 saturated carbocycles. The molecular weight excluding hydrogens is 394 g/mol. The van der Waals surface area contributed by atoms with Crippen LogP contribution in [-0.4, -0.2) is 5.91 Å². The van der Waals surface area contributed by atoms with E-state index in [1.165, 1.54) is 0 Å². The second kappa shape index (κ2) is 5.94. The lowest BCUT2D eigenvalue weighted by Gasteiger charge is -2.10. The molecule has 8 heteroatoms. The second-order valence-electron chi connectivity index (χ2n) is 4.94. The third kappa shape index (κ3) is 3.14. The molecule has 124 valence electrons. The highest BCUT2D eigenvalue weighted by Gasteiger charge is 2.31. The predicted molar refractivity (Wildman–Crippen MR) is 83.3 cm³/mol. The zero-order chi connectivity index (χ0) is 17.5. The topological polar surface area (TPSA) is 42.2 Å². The fourth-order valence-electron chi connectivity index (χ4n) is 2.16. The molecule has 2 aromatic carbocycles. The van der Waals surface area contributed by atoms with Crippen LogP contribution in [0, 0.1) is 5.82 Å². The molecule has 3 aromatic rings. The summed E-state index contributed by atoms with van der Waals surface area (Å²) in [7, 11) is 0. The number of anilines is 1. The first-order valence-corrected chi connectivity index (χ1v) is 7.40. The van der Waals surface area contributed by atoms with E-state index >= 15 is 0 Å². The quantitative estimate of drug-likeness (QED) is 0.567. The normalized spacial score (nSPS) is 11.7. The summed E-state index contributed by atoms with van der Waals surface area (Å²) in [5.41, 5.74) is -1.10. The molecule has 0 aliphatic rings. The number of carbonyl (C=O) groups is 1. The Kier molecular flexibility index (Phi) is 4.08. The van der Waals surface area contributed by atoms with Gasteiger partial charge in [-0.25, -0.2) is 4.39 Å². The van der Waals surface area contributed by atoms with Gasteiger partial charge in [-0.05, 0) is 36.4 Å². The number of furan rings is 1. The summed E-state index contributed by atoms with van der Waals surface area (Å²) in [6.45, 7) is 0. The summed E-state index contributed by atoms with van der Waals surface area (Å²) in [6.07, 6.45) is -3.47. The van der Waals surface area contributed by atoms with Gasteiger partial charge in [0.05, 0.1) is 16.8 Å². The van der Waals surface area contributed by atoms with Gasteiger partial charge in [0.2, 0.25) is 0 Å². The molecule has 0 aliphatic heterocycles. The Labute approximate surface area is 141 Å². The van der Waals surface area contributed by atoms with Crippen molar-refractivity contribution in [2.24, 2.45) is 0 Å². The number of fused-ring (bicyclic) bond motifs is 1. The molecule has 1 heterocycles. The number of hydrogen-bond donors (Lipinski definition) is 1. The van der Waals surface area contributed by atoms with Crippen molar-refractivity contribution < 1.29 is 26.8 Å². The van der Waals surface area contributed by atoms with E-state index in [9.17, 15) is 22.4 Å². The van der Waals surface area contributed by atoms with Crippen LogP contribution in [0.2, 0.25) is 0 Å². The minimum Gasteiger partial charge on any atom is -0.463 e. The van der Waals surface area contributed by atoms with Gasteiger partial charge in [0.1, 0.15) is 17.7 Å². The van der Waals surface area contributed by atoms with Crippen molar-refractivity contribution in [3.63, 3.8) is 0 Å². The Morgan fingerprint density at radius 2 is 1.88 bits per heavy atom. The molecule has 0 aliphatic carbocycles. The summed E-state index contributed by atoms with van der Waals surface area (Å²) in [6, 6.07) is 6.74. The van der Waals surface area contributed by atoms with Gasteiger partial charge in [-0.3, -0.25) is 4.79 Å². The van der Waals surface area contributed by atoms with Gasteiger partial charge in [0, 0.05) is 9.86 Å². The lowest BCUT2D eigenvalue weighted by atomic mass is 10.1. The smallest absolute Gasteiger partial charge is 0.416 e. The van der Waals surface area contributed by atoms with Crippen molar-refractivity contribution in [2.75, 3.05) is 5.32 Å². The minimum absolute atomic E-state index is 0.0920. The van der Waals surface area contributed by atoms with Crippen molar-refractivity contribution in [1.82, 2.24) is 0 Å². The third-order valence-corrected chi connectivity index (χ3v) is 3.82. The third-order valence-electron chi connectivity index (χ3n) is 3.32. The maximum absolute atomic E-state index is 13.7. The van der Waals surface area contributed by atoms with Crippen LogP contribution in [0.3, 0.4) is 0 Å². The summed E-state index contributed by atoms with van der Waals surface area (Å²) in [4.78, 5) is 12.3. The molecule has 0 atom stereocenters. The van der Waals surface area contributed by atoms with E-state index in [2.05, 4.69) is 21.2 Å². The standard InChI is InChI=1S/C16H8BrF4NO2/c17-9-2-3-10-11(7-24-14(10)6-9)15(23)22-13-5-8(16(19,20)21)1-4-12(13)18/h1-7H,(H,22,23). The Morgan fingerprint density at radius 1 is 1.12 bits per heavy atom. The van der Waals surface area contributed by atoms with Crippen LogP contribution >= 0.6 is 15.9 Å². The number of alkyl halides is 3. The predicted octanol–water partition coefficient (Wildman–Crippen LogP) is 5.61. The number of carbonyl (C=O) groups excluding carboxylic acids is 1. The summed E-state index contributed by atoms with van der Waals surface area (Å²) < 4.78 is 57.8. The van der Waals surface area contributed by atoms with E-state index in [1.807, 2.05) is 0 Å². The van der Waals surface area contributed by atoms with Crippen LogP contribution in [0.1, 0.15) is 15.9 Å². The molecule has 0 unspecified atom stereocenters. The lowest BCUT2D eigenvalue weighted by Crippen LogP contribution is -2.14. The molecule has 0 radical (unpaired) electrons. The molecule has 0 fully saturated rings. The van der Waals surface area contributed by atoms with Gasteiger partial charge in [-0.1, -0.05) is 15.9 Å². The Morgan fingerprint density at radius 3 is 2.58 bits per heavy atom. The molecular formula is C16H8BrF4NO2. The minimum atomic E-state index is -4.64. The lowest BCUT2D eigenvalue weighted by molar-refractivity contribution is -0.137. The van der Waals surface area contributed by atoms with Crippen LogP contribution in [0.15, 0.2) is 51.6 Å². The van der Waals surface area contributed by atoms with Crippen LogP contribution in [0.5, 0.6) is 0 Å². The van der Waals surface area contributed by atoms with E-state index < -0.39 is 29.2 Å². The van der Waals surface area contributed by atoms with Crippen molar-refractivity contribution >= 4 is 38.5 Å². The number of nitrogens with one attached hydrogen (secondary N) is 1. The largest absolute Gasteiger partial charge is 0.463 e. The van der Waals surface area contributed by atoms with Crippen molar-refractivity contribution in [1.29, 1.82) is 0 Å². The van der Waals surface area contributed by atoms with Crippen LogP contribution in [0.25, 0.3) is 11.0 Å².